The number of aliphatic hydroxyl groups is 1. The molecule has 4 aromatic rings. The summed E-state index contributed by atoms with van der Waals surface area (Å²) in [5.74, 6) is -0.941. The molecule has 0 fully saturated rings. The molecule has 174 valence electrons. The first-order valence-electron chi connectivity index (χ1n) is 11.0. The van der Waals surface area contributed by atoms with Crippen molar-refractivity contribution in [3.63, 3.8) is 0 Å². The molecule has 1 aromatic heterocycles. The lowest BCUT2D eigenvalue weighted by atomic mass is 9.95. The van der Waals surface area contributed by atoms with Crippen molar-refractivity contribution in [2.24, 2.45) is 0 Å². The molecule has 0 saturated heterocycles. The fourth-order valence-electron chi connectivity index (χ4n) is 4.23. The van der Waals surface area contributed by atoms with Crippen molar-refractivity contribution in [3.8, 4) is 16.3 Å². The molecule has 35 heavy (non-hydrogen) atoms. The first-order chi connectivity index (χ1) is 17.0. The zero-order valence-corrected chi connectivity index (χ0v) is 20.0. The van der Waals surface area contributed by atoms with Crippen LogP contribution in [0.5, 0.6) is 5.75 Å². The summed E-state index contributed by atoms with van der Waals surface area (Å²) in [6.45, 7) is 1.77. The number of aromatic nitrogens is 1. The van der Waals surface area contributed by atoms with Crippen molar-refractivity contribution < 1.29 is 19.4 Å². The Labute approximate surface area is 206 Å². The number of ether oxygens (including phenoxy) is 1. The van der Waals surface area contributed by atoms with Gasteiger partial charge in [-0.15, -0.1) is 11.3 Å². The third-order valence-electron chi connectivity index (χ3n) is 5.94. The van der Waals surface area contributed by atoms with Gasteiger partial charge in [0.15, 0.2) is 5.76 Å². The SMILES string of the molecule is COc1ccc(N2C(=O)C(O)=C(C(=O)c3sc(-c4ccccc4)nc3C)C2c2ccccc2)cc1. The zero-order valence-electron chi connectivity index (χ0n) is 19.1. The van der Waals surface area contributed by atoms with Gasteiger partial charge in [-0.3, -0.25) is 14.5 Å². The summed E-state index contributed by atoms with van der Waals surface area (Å²) in [4.78, 5) is 33.6. The van der Waals surface area contributed by atoms with Crippen LogP contribution in [-0.4, -0.2) is 28.9 Å². The lowest BCUT2D eigenvalue weighted by molar-refractivity contribution is -0.117. The average molecular weight is 483 g/mol. The zero-order chi connectivity index (χ0) is 24.5. The van der Waals surface area contributed by atoms with Crippen LogP contribution < -0.4 is 9.64 Å². The summed E-state index contributed by atoms with van der Waals surface area (Å²) >= 11 is 1.26. The maximum Gasteiger partial charge on any atom is 0.294 e. The number of anilines is 1. The highest BCUT2D eigenvalue weighted by Gasteiger charge is 2.45. The monoisotopic (exact) mass is 482 g/mol. The van der Waals surface area contributed by atoms with Crippen molar-refractivity contribution in [1.29, 1.82) is 0 Å². The predicted molar refractivity (Wildman–Crippen MR) is 136 cm³/mol. The summed E-state index contributed by atoms with van der Waals surface area (Å²) in [6.07, 6.45) is 0. The van der Waals surface area contributed by atoms with E-state index in [0.29, 0.717) is 27.0 Å². The molecule has 0 bridgehead atoms. The Morgan fingerprint density at radius 3 is 2.23 bits per heavy atom. The Kier molecular flexibility index (Phi) is 5.93. The minimum atomic E-state index is -0.786. The van der Waals surface area contributed by atoms with Crippen LogP contribution in [0.15, 0.2) is 96.3 Å². The molecular weight excluding hydrogens is 460 g/mol. The minimum absolute atomic E-state index is 0.0448. The third-order valence-corrected chi connectivity index (χ3v) is 7.15. The molecule has 1 aliphatic heterocycles. The van der Waals surface area contributed by atoms with Gasteiger partial charge in [0.1, 0.15) is 10.8 Å². The van der Waals surface area contributed by atoms with Gasteiger partial charge >= 0.3 is 0 Å². The normalized spacial score (nSPS) is 15.5. The number of Topliss-reactive ketones (excluding diaryl/α,β-unsaturated/α-hetero) is 1. The van der Waals surface area contributed by atoms with Gasteiger partial charge in [0.2, 0.25) is 5.78 Å². The molecule has 3 aromatic carbocycles. The van der Waals surface area contributed by atoms with Gasteiger partial charge in [-0.25, -0.2) is 4.98 Å². The van der Waals surface area contributed by atoms with E-state index in [1.165, 1.54) is 16.2 Å². The molecule has 0 aliphatic carbocycles. The van der Waals surface area contributed by atoms with E-state index in [0.717, 1.165) is 11.1 Å². The van der Waals surface area contributed by atoms with Gasteiger partial charge in [0, 0.05) is 11.3 Å². The van der Waals surface area contributed by atoms with Gasteiger partial charge in [-0.1, -0.05) is 60.7 Å². The number of carbonyl (C=O) groups excluding carboxylic acids is 2. The van der Waals surface area contributed by atoms with Crippen molar-refractivity contribution in [2.75, 3.05) is 12.0 Å². The first-order valence-corrected chi connectivity index (χ1v) is 11.8. The molecule has 1 aliphatic rings. The number of benzene rings is 3. The molecule has 0 radical (unpaired) electrons. The van der Waals surface area contributed by atoms with Gasteiger partial charge in [0.05, 0.1) is 29.3 Å². The Morgan fingerprint density at radius 2 is 1.60 bits per heavy atom. The van der Waals surface area contributed by atoms with Crippen LogP contribution in [0.2, 0.25) is 0 Å². The summed E-state index contributed by atoms with van der Waals surface area (Å²) in [5, 5.41) is 11.7. The van der Waals surface area contributed by atoms with Crippen LogP contribution in [0.1, 0.15) is 27.0 Å². The molecule has 6 nitrogen and oxygen atoms in total. The Hall–Kier alpha value is -4.23. The molecule has 2 heterocycles. The van der Waals surface area contributed by atoms with Crippen LogP contribution in [0, 0.1) is 6.92 Å². The van der Waals surface area contributed by atoms with E-state index in [-0.39, 0.29) is 5.57 Å². The molecule has 1 amide bonds. The van der Waals surface area contributed by atoms with E-state index in [2.05, 4.69) is 4.98 Å². The minimum Gasteiger partial charge on any atom is -0.503 e. The lowest BCUT2D eigenvalue weighted by Gasteiger charge is -2.27. The highest BCUT2D eigenvalue weighted by atomic mass is 32.1. The molecule has 5 rings (SSSR count). The molecule has 0 spiro atoms. The Balaban J connectivity index is 1.61. The predicted octanol–water partition coefficient (Wildman–Crippen LogP) is 5.91. The highest BCUT2D eigenvalue weighted by Crippen LogP contribution is 2.43. The van der Waals surface area contributed by atoms with E-state index in [9.17, 15) is 14.7 Å². The third kappa shape index (κ3) is 4.00. The Morgan fingerprint density at radius 1 is 0.971 bits per heavy atom. The average Bonchev–Trinajstić information content (AvgIpc) is 3.42. The van der Waals surface area contributed by atoms with Crippen LogP contribution in [0.4, 0.5) is 5.69 Å². The summed E-state index contributed by atoms with van der Waals surface area (Å²) in [5.41, 5.74) is 2.77. The number of thiazole rings is 1. The number of hydrogen-bond acceptors (Lipinski definition) is 6. The number of rotatable bonds is 6. The van der Waals surface area contributed by atoms with Gasteiger partial charge in [-0.2, -0.15) is 0 Å². The molecule has 1 unspecified atom stereocenters. The van der Waals surface area contributed by atoms with Crippen molar-refractivity contribution in [2.45, 2.75) is 13.0 Å². The molecule has 0 saturated carbocycles. The van der Waals surface area contributed by atoms with E-state index >= 15 is 0 Å². The molecule has 1 atom stereocenters. The summed E-state index contributed by atoms with van der Waals surface area (Å²) in [7, 11) is 1.56. The van der Waals surface area contributed by atoms with Crippen LogP contribution in [0.25, 0.3) is 10.6 Å². The number of nitrogens with zero attached hydrogens (tertiary/aromatic N) is 2. The number of methoxy groups -OCH3 is 1. The number of amides is 1. The van der Waals surface area contributed by atoms with Crippen LogP contribution in [0.3, 0.4) is 0 Å². The lowest BCUT2D eigenvalue weighted by Crippen LogP contribution is -2.31. The summed E-state index contributed by atoms with van der Waals surface area (Å²) < 4.78 is 5.24. The van der Waals surface area contributed by atoms with E-state index in [1.807, 2.05) is 60.7 Å². The second-order valence-electron chi connectivity index (χ2n) is 8.08. The van der Waals surface area contributed by atoms with Gasteiger partial charge in [0.25, 0.3) is 5.91 Å². The van der Waals surface area contributed by atoms with E-state index in [1.54, 1.807) is 38.3 Å². The van der Waals surface area contributed by atoms with Crippen LogP contribution in [-0.2, 0) is 4.79 Å². The second kappa shape index (κ2) is 9.19. The maximum atomic E-state index is 13.9. The van der Waals surface area contributed by atoms with Crippen LogP contribution >= 0.6 is 11.3 Å². The standard InChI is InChI=1S/C28H22N2O4S/c1-17-26(35-27(29-17)19-11-7-4-8-12-19)24(31)22-23(18-9-5-3-6-10-18)30(28(33)25(22)32)20-13-15-21(34-2)16-14-20/h3-16,23,32H,1-2H3. The maximum absolute atomic E-state index is 13.9. The number of aryl methyl sites for hydroxylation is 1. The van der Waals surface area contributed by atoms with Gasteiger partial charge < -0.3 is 9.84 Å². The number of ketones is 1. The largest absolute Gasteiger partial charge is 0.503 e. The number of hydrogen-bond donors (Lipinski definition) is 1. The molecular formula is C28H22N2O4S. The highest BCUT2D eigenvalue weighted by molar-refractivity contribution is 7.17. The first kappa shape index (κ1) is 22.6. The number of carbonyl (C=O) groups is 2. The quantitative estimate of drug-likeness (QED) is 0.346. The van der Waals surface area contributed by atoms with E-state index in [4.69, 9.17) is 4.74 Å². The van der Waals surface area contributed by atoms with Crippen molar-refractivity contribution in [3.05, 3.63) is 112 Å². The number of aliphatic hydroxyl groups excluding tert-OH is 1. The van der Waals surface area contributed by atoms with Crippen molar-refractivity contribution in [1.82, 2.24) is 4.98 Å². The molecule has 7 heteroatoms. The second-order valence-corrected chi connectivity index (χ2v) is 9.08. The fraction of sp³-hybridized carbons (Fsp3) is 0.107. The smallest absolute Gasteiger partial charge is 0.294 e. The fourth-order valence-corrected chi connectivity index (χ4v) is 5.26. The molecule has 1 N–H and O–H groups in total. The van der Waals surface area contributed by atoms with E-state index < -0.39 is 23.5 Å². The van der Waals surface area contributed by atoms with Gasteiger partial charge in [-0.05, 0) is 36.8 Å². The summed E-state index contributed by atoms with van der Waals surface area (Å²) in [6, 6.07) is 25.0. The topological polar surface area (TPSA) is 79.7 Å². The van der Waals surface area contributed by atoms with Crippen molar-refractivity contribution >= 4 is 28.7 Å². The Bertz CT molecular complexity index is 1430.